The second-order valence-electron chi connectivity index (χ2n) is 2.22. The summed E-state index contributed by atoms with van der Waals surface area (Å²) in [5, 5.41) is 0. The van der Waals surface area contributed by atoms with Gasteiger partial charge in [-0.25, -0.2) is 0 Å². The first kappa shape index (κ1) is 7.29. The number of hydrogen-bond acceptors (Lipinski definition) is 1. The lowest BCUT2D eigenvalue weighted by molar-refractivity contribution is 0.134. The fourth-order valence-electron chi connectivity index (χ4n) is 0.997. The Balaban J connectivity index is 2.46. The van der Waals surface area contributed by atoms with Crippen molar-refractivity contribution in [2.24, 2.45) is 0 Å². The number of allylic oxidation sites excluding steroid dienone is 1. The van der Waals surface area contributed by atoms with Gasteiger partial charge in [0.2, 0.25) is 0 Å². The van der Waals surface area contributed by atoms with E-state index in [1.165, 1.54) is 12.8 Å². The van der Waals surface area contributed by atoms with Crippen molar-refractivity contribution in [1.82, 2.24) is 0 Å². The molecule has 1 aliphatic carbocycles. The Bertz CT molecular complexity index is 111. The van der Waals surface area contributed by atoms with Gasteiger partial charge >= 0.3 is 0 Å². The maximum absolute atomic E-state index is 5.17. The molecule has 0 saturated carbocycles. The molecule has 9 heavy (non-hydrogen) atoms. The minimum atomic E-state index is 0.291. The zero-order valence-electron chi connectivity index (χ0n) is 5.51. The van der Waals surface area contributed by atoms with Gasteiger partial charge in [-0.3, -0.25) is 0 Å². The van der Waals surface area contributed by atoms with Crippen LogP contribution in [0.25, 0.3) is 0 Å². The zero-order valence-corrected chi connectivity index (χ0v) is 7.10. The van der Waals surface area contributed by atoms with E-state index in [1.807, 2.05) is 0 Å². The van der Waals surface area contributed by atoms with Gasteiger partial charge in [0.15, 0.2) is 0 Å². The van der Waals surface area contributed by atoms with Gasteiger partial charge < -0.3 is 4.74 Å². The molecule has 0 radical (unpaired) electrons. The molecule has 1 nitrogen and oxygen atoms in total. The summed E-state index contributed by atoms with van der Waals surface area (Å²) in [6.45, 7) is 0. The van der Waals surface area contributed by atoms with Crippen LogP contribution in [-0.2, 0) is 4.74 Å². The van der Waals surface area contributed by atoms with E-state index in [9.17, 15) is 0 Å². The summed E-state index contributed by atoms with van der Waals surface area (Å²) in [4.78, 5) is 0.521. The highest BCUT2D eigenvalue weighted by atomic mass is 79.9. The normalized spacial score (nSPS) is 34.9. The number of ether oxygens (including phenoxy) is 1. The van der Waals surface area contributed by atoms with E-state index in [1.54, 1.807) is 7.11 Å². The number of hydrogen-bond donors (Lipinski definition) is 0. The number of alkyl halides is 1. The predicted molar refractivity (Wildman–Crippen MR) is 41.9 cm³/mol. The van der Waals surface area contributed by atoms with Crippen molar-refractivity contribution >= 4 is 15.9 Å². The molecule has 0 bridgehead atoms. The van der Waals surface area contributed by atoms with Crippen LogP contribution in [0.3, 0.4) is 0 Å². The van der Waals surface area contributed by atoms with Crippen molar-refractivity contribution in [2.75, 3.05) is 7.11 Å². The Labute approximate surface area is 64.2 Å². The van der Waals surface area contributed by atoms with Crippen molar-refractivity contribution in [3.63, 3.8) is 0 Å². The Morgan fingerprint density at radius 3 is 2.89 bits per heavy atom. The Morgan fingerprint density at radius 1 is 1.67 bits per heavy atom. The molecule has 2 heteroatoms. The van der Waals surface area contributed by atoms with E-state index in [4.69, 9.17) is 4.74 Å². The van der Waals surface area contributed by atoms with Crippen molar-refractivity contribution in [3.05, 3.63) is 12.2 Å². The third-order valence-electron chi connectivity index (χ3n) is 1.56. The number of methoxy groups -OCH3 is 1. The Hall–Kier alpha value is 0.180. The van der Waals surface area contributed by atoms with Gasteiger partial charge in [-0.15, -0.1) is 0 Å². The molecule has 0 spiro atoms. The third-order valence-corrected chi connectivity index (χ3v) is 2.54. The molecule has 0 amide bonds. The van der Waals surface area contributed by atoms with Crippen LogP contribution in [0.4, 0.5) is 0 Å². The second kappa shape index (κ2) is 3.37. The second-order valence-corrected chi connectivity index (χ2v) is 3.40. The van der Waals surface area contributed by atoms with E-state index in [0.29, 0.717) is 10.9 Å². The molecule has 1 rings (SSSR count). The van der Waals surface area contributed by atoms with Gasteiger partial charge in [-0.1, -0.05) is 28.1 Å². The smallest absolute Gasteiger partial charge is 0.0877 e. The standard InChI is InChI=1S/C7H11BrO/c1-9-7-5-3-2-4-6(7)8/h3,5-7H,2,4H2,1H3. The van der Waals surface area contributed by atoms with Crippen LogP contribution in [-0.4, -0.2) is 18.0 Å². The molecule has 0 N–H and O–H groups in total. The lowest BCUT2D eigenvalue weighted by Crippen LogP contribution is -2.22. The largest absolute Gasteiger partial charge is 0.376 e. The summed E-state index contributed by atoms with van der Waals surface area (Å²) < 4.78 is 5.17. The summed E-state index contributed by atoms with van der Waals surface area (Å²) in [6.07, 6.45) is 6.94. The zero-order chi connectivity index (χ0) is 6.69. The molecular weight excluding hydrogens is 180 g/mol. The van der Waals surface area contributed by atoms with Crippen molar-refractivity contribution in [1.29, 1.82) is 0 Å². The van der Waals surface area contributed by atoms with E-state index in [2.05, 4.69) is 28.1 Å². The minimum Gasteiger partial charge on any atom is -0.376 e. The third kappa shape index (κ3) is 1.80. The topological polar surface area (TPSA) is 9.23 Å². The molecule has 0 aromatic carbocycles. The maximum atomic E-state index is 5.17. The summed E-state index contributed by atoms with van der Waals surface area (Å²) in [5.41, 5.74) is 0. The van der Waals surface area contributed by atoms with Crippen LogP contribution in [0.15, 0.2) is 12.2 Å². The summed E-state index contributed by atoms with van der Waals surface area (Å²) in [6, 6.07) is 0. The van der Waals surface area contributed by atoms with Gasteiger partial charge in [-0.2, -0.15) is 0 Å². The predicted octanol–water partition coefficient (Wildman–Crippen LogP) is 2.11. The van der Waals surface area contributed by atoms with Crippen molar-refractivity contribution < 1.29 is 4.74 Å². The lowest BCUT2D eigenvalue weighted by atomic mass is 10.1. The van der Waals surface area contributed by atoms with Crippen LogP contribution < -0.4 is 0 Å². The summed E-state index contributed by atoms with van der Waals surface area (Å²) in [5.74, 6) is 0. The first-order valence-electron chi connectivity index (χ1n) is 3.18. The molecule has 0 heterocycles. The monoisotopic (exact) mass is 190 g/mol. The fourth-order valence-corrected chi connectivity index (χ4v) is 1.65. The molecule has 52 valence electrons. The average molecular weight is 191 g/mol. The molecule has 0 saturated heterocycles. The van der Waals surface area contributed by atoms with Gasteiger partial charge in [0.1, 0.15) is 0 Å². The summed E-state index contributed by atoms with van der Waals surface area (Å²) in [7, 11) is 1.74. The van der Waals surface area contributed by atoms with Crippen LogP contribution in [0, 0.1) is 0 Å². The van der Waals surface area contributed by atoms with E-state index in [0.717, 1.165) is 0 Å². The van der Waals surface area contributed by atoms with Gasteiger partial charge in [0, 0.05) is 11.9 Å². The first-order chi connectivity index (χ1) is 4.34. The van der Waals surface area contributed by atoms with Crippen LogP contribution in [0.5, 0.6) is 0 Å². The molecule has 0 aliphatic heterocycles. The molecule has 2 atom stereocenters. The molecule has 2 unspecified atom stereocenters. The molecule has 0 fully saturated rings. The quantitative estimate of drug-likeness (QED) is 0.455. The highest BCUT2D eigenvalue weighted by molar-refractivity contribution is 9.09. The lowest BCUT2D eigenvalue weighted by Gasteiger charge is -2.20. The van der Waals surface area contributed by atoms with E-state index in [-0.39, 0.29) is 0 Å². The molecule has 0 aromatic rings. The van der Waals surface area contributed by atoms with Gasteiger partial charge in [-0.05, 0) is 12.8 Å². The summed E-state index contributed by atoms with van der Waals surface area (Å²) >= 11 is 3.54. The van der Waals surface area contributed by atoms with Crippen LogP contribution >= 0.6 is 15.9 Å². The van der Waals surface area contributed by atoms with Crippen molar-refractivity contribution in [3.8, 4) is 0 Å². The first-order valence-corrected chi connectivity index (χ1v) is 4.09. The average Bonchev–Trinajstić information content (AvgIpc) is 1.89. The van der Waals surface area contributed by atoms with E-state index < -0.39 is 0 Å². The SMILES string of the molecule is COC1C=CCCC1Br. The Morgan fingerprint density at radius 2 is 2.44 bits per heavy atom. The van der Waals surface area contributed by atoms with E-state index >= 15 is 0 Å². The highest BCUT2D eigenvalue weighted by Crippen LogP contribution is 2.20. The number of rotatable bonds is 1. The van der Waals surface area contributed by atoms with Gasteiger partial charge in [0.25, 0.3) is 0 Å². The fraction of sp³-hybridized carbons (Fsp3) is 0.714. The van der Waals surface area contributed by atoms with Crippen molar-refractivity contribution in [2.45, 2.75) is 23.8 Å². The maximum Gasteiger partial charge on any atom is 0.0877 e. The van der Waals surface area contributed by atoms with Crippen LogP contribution in [0.1, 0.15) is 12.8 Å². The molecular formula is C7H11BrO. The minimum absolute atomic E-state index is 0.291. The Kier molecular flexibility index (Phi) is 2.73. The highest BCUT2D eigenvalue weighted by Gasteiger charge is 2.16. The van der Waals surface area contributed by atoms with Gasteiger partial charge in [0.05, 0.1) is 6.10 Å². The van der Waals surface area contributed by atoms with Crippen LogP contribution in [0.2, 0.25) is 0 Å². The molecule has 0 aromatic heterocycles. The number of halogens is 1. The molecule has 1 aliphatic rings.